The molecular formula is C39H46F3N7O2. The third-order valence-corrected chi connectivity index (χ3v) is 10.8. The average molecular weight is 702 g/mol. The van der Waals surface area contributed by atoms with Crippen molar-refractivity contribution in [2.75, 3.05) is 63.2 Å². The van der Waals surface area contributed by atoms with Crippen LogP contribution in [-0.4, -0.2) is 96.6 Å². The molecule has 4 aromatic rings. The normalized spacial score (nSPS) is 20.9. The number of piperazine rings is 1. The van der Waals surface area contributed by atoms with E-state index < -0.39 is 17.8 Å². The number of fused-ring (bicyclic) bond motifs is 2. The predicted molar refractivity (Wildman–Crippen MR) is 195 cm³/mol. The number of terminal acetylenes is 1. The van der Waals surface area contributed by atoms with Gasteiger partial charge in [0.1, 0.15) is 40.6 Å². The first kappa shape index (κ1) is 35.1. The van der Waals surface area contributed by atoms with Crippen molar-refractivity contribution in [3.63, 3.8) is 0 Å². The van der Waals surface area contributed by atoms with Crippen molar-refractivity contribution >= 4 is 33.3 Å². The van der Waals surface area contributed by atoms with Gasteiger partial charge in [0.05, 0.1) is 17.6 Å². The largest absolute Gasteiger partial charge is 0.508 e. The number of phenols is 1. The van der Waals surface area contributed by atoms with Gasteiger partial charge in [-0.1, -0.05) is 25.8 Å². The van der Waals surface area contributed by atoms with E-state index in [1.165, 1.54) is 24.3 Å². The van der Waals surface area contributed by atoms with Gasteiger partial charge in [-0.3, -0.25) is 0 Å². The van der Waals surface area contributed by atoms with E-state index in [2.05, 4.69) is 34.9 Å². The Bertz CT molecular complexity index is 1980. The van der Waals surface area contributed by atoms with Gasteiger partial charge in [0.15, 0.2) is 5.82 Å². The molecule has 2 N–H and O–H groups in total. The highest BCUT2D eigenvalue weighted by atomic mass is 19.1. The molecule has 12 heteroatoms. The highest BCUT2D eigenvalue weighted by Crippen LogP contribution is 2.47. The van der Waals surface area contributed by atoms with E-state index >= 15 is 8.78 Å². The minimum absolute atomic E-state index is 0.00773. The first-order valence-corrected chi connectivity index (χ1v) is 18.0. The number of pyridine rings is 1. The summed E-state index contributed by atoms with van der Waals surface area (Å²) in [6.45, 7) is 8.17. The summed E-state index contributed by atoms with van der Waals surface area (Å²) in [5, 5.41) is 15.6. The number of benzene rings is 2. The lowest BCUT2D eigenvalue weighted by molar-refractivity contribution is 0.107. The number of piperidine rings is 1. The van der Waals surface area contributed by atoms with Crippen LogP contribution in [-0.2, 0) is 0 Å². The monoisotopic (exact) mass is 701 g/mol. The van der Waals surface area contributed by atoms with Crippen LogP contribution in [0.2, 0.25) is 0 Å². The summed E-state index contributed by atoms with van der Waals surface area (Å²) in [7, 11) is 3.63. The van der Waals surface area contributed by atoms with Crippen LogP contribution in [0.25, 0.3) is 32.9 Å². The first-order valence-electron chi connectivity index (χ1n) is 18.0. The zero-order chi connectivity index (χ0) is 36.0. The Hall–Kier alpha value is -4.34. The van der Waals surface area contributed by atoms with Gasteiger partial charge in [0.2, 0.25) is 0 Å². The molecule has 0 radical (unpaired) electrons. The second-order valence-electron chi connectivity index (χ2n) is 14.7. The Morgan fingerprint density at radius 3 is 2.37 bits per heavy atom. The lowest BCUT2D eigenvalue weighted by Gasteiger charge is -2.39. The van der Waals surface area contributed by atoms with Crippen molar-refractivity contribution in [2.45, 2.75) is 70.6 Å². The molecule has 3 aliphatic rings. The molecule has 3 fully saturated rings. The van der Waals surface area contributed by atoms with Crippen LogP contribution in [0.1, 0.15) is 57.9 Å². The quantitative estimate of drug-likeness (QED) is 0.182. The van der Waals surface area contributed by atoms with Crippen molar-refractivity contribution in [2.24, 2.45) is 5.41 Å². The number of likely N-dealkylation sites (tertiary alicyclic amines) is 1. The number of phenolic OH excluding ortho intramolecular Hbond substituents is 1. The SMILES string of the molecule is C#Cc1c(F)ccc2cc(O)cc(-c3nc(N(C)C)c4c(N5CC(CC)NC(CC)C5)nc(OCC5(CN6CCC(F)CC6)CC5)nc4c3F)c12. The fraction of sp³-hybridized carbons (Fsp3) is 0.513. The van der Waals surface area contributed by atoms with Crippen molar-refractivity contribution in [3.05, 3.63) is 41.5 Å². The number of aromatic hydroxyl groups is 1. The standard InChI is InChI=1S/C39H46F3N7O2/c1-6-25-19-49(20-26(7-2)43-25)37-32-35(45-38(46-37)51-22-39(13-14-39)21-48-15-11-24(40)12-16-48)33(42)34(44-36(32)47(4)5)29-18-27(50)17-23-9-10-30(41)28(8-3)31(23)29/h3,9-10,17-18,24-26,43,50H,6-7,11-16,19-22H2,1-2,4-5H3. The van der Waals surface area contributed by atoms with Gasteiger partial charge in [-0.25, -0.2) is 18.2 Å². The Labute approximate surface area is 297 Å². The molecule has 0 amide bonds. The van der Waals surface area contributed by atoms with Gasteiger partial charge in [0, 0.05) is 75.3 Å². The van der Waals surface area contributed by atoms with Crippen LogP contribution in [0.3, 0.4) is 0 Å². The molecule has 1 saturated carbocycles. The summed E-state index contributed by atoms with van der Waals surface area (Å²) in [5.41, 5.74) is -0.114. The van der Waals surface area contributed by atoms with E-state index in [1.54, 1.807) is 4.90 Å². The van der Waals surface area contributed by atoms with Crippen LogP contribution in [0, 0.1) is 29.4 Å². The summed E-state index contributed by atoms with van der Waals surface area (Å²) in [6.07, 6.45) is 9.88. The van der Waals surface area contributed by atoms with Crippen LogP contribution >= 0.6 is 0 Å². The van der Waals surface area contributed by atoms with Gasteiger partial charge in [-0.15, -0.1) is 6.42 Å². The smallest absolute Gasteiger partial charge is 0.319 e. The predicted octanol–water partition coefficient (Wildman–Crippen LogP) is 6.44. The maximum atomic E-state index is 17.3. The van der Waals surface area contributed by atoms with Gasteiger partial charge in [-0.2, -0.15) is 9.97 Å². The van der Waals surface area contributed by atoms with E-state index in [0.717, 1.165) is 45.3 Å². The van der Waals surface area contributed by atoms with Crippen molar-refractivity contribution in [1.29, 1.82) is 0 Å². The molecule has 1 aliphatic carbocycles. The maximum Gasteiger partial charge on any atom is 0.319 e. The molecular weight excluding hydrogens is 655 g/mol. The van der Waals surface area contributed by atoms with Crippen LogP contribution in [0.5, 0.6) is 11.8 Å². The van der Waals surface area contributed by atoms with Crippen LogP contribution in [0.4, 0.5) is 24.8 Å². The molecule has 2 atom stereocenters. The second kappa shape index (κ2) is 14.0. The number of nitrogens with zero attached hydrogens (tertiary/aromatic N) is 6. The maximum absolute atomic E-state index is 17.3. The number of anilines is 2. The van der Waals surface area contributed by atoms with Gasteiger partial charge < -0.3 is 29.9 Å². The van der Waals surface area contributed by atoms with E-state index in [0.29, 0.717) is 54.9 Å². The second-order valence-corrected chi connectivity index (χ2v) is 14.7. The fourth-order valence-corrected chi connectivity index (χ4v) is 7.65. The number of ether oxygens (including phenoxy) is 1. The van der Waals surface area contributed by atoms with Crippen LogP contribution in [0.15, 0.2) is 24.3 Å². The molecule has 2 saturated heterocycles. The number of rotatable bonds is 10. The third-order valence-electron chi connectivity index (χ3n) is 10.8. The minimum atomic E-state index is -0.757. The molecule has 7 rings (SSSR count). The number of nitrogens with one attached hydrogen (secondary N) is 1. The summed E-state index contributed by atoms with van der Waals surface area (Å²) in [6, 6.07) is 5.99. The highest BCUT2D eigenvalue weighted by molar-refractivity contribution is 6.05. The van der Waals surface area contributed by atoms with Crippen molar-refractivity contribution in [3.8, 4) is 35.4 Å². The minimum Gasteiger partial charge on any atom is -0.508 e. The number of hydrogen-bond acceptors (Lipinski definition) is 9. The molecule has 51 heavy (non-hydrogen) atoms. The molecule has 2 aromatic carbocycles. The number of alkyl halides is 1. The molecule has 2 aliphatic heterocycles. The Morgan fingerprint density at radius 1 is 1.04 bits per heavy atom. The summed E-state index contributed by atoms with van der Waals surface area (Å²) in [4.78, 5) is 20.8. The molecule has 2 aromatic heterocycles. The zero-order valence-electron chi connectivity index (χ0n) is 29.8. The lowest BCUT2D eigenvalue weighted by atomic mass is 9.95. The third kappa shape index (κ3) is 6.86. The molecule has 270 valence electrons. The summed E-state index contributed by atoms with van der Waals surface area (Å²) >= 11 is 0. The van der Waals surface area contributed by atoms with E-state index in [9.17, 15) is 9.50 Å². The lowest BCUT2D eigenvalue weighted by Crippen LogP contribution is -2.56. The van der Waals surface area contributed by atoms with E-state index in [4.69, 9.17) is 26.1 Å². The zero-order valence-corrected chi connectivity index (χ0v) is 29.8. The fourth-order valence-electron chi connectivity index (χ4n) is 7.65. The highest BCUT2D eigenvalue weighted by Gasteiger charge is 2.45. The molecule has 2 unspecified atom stereocenters. The summed E-state index contributed by atoms with van der Waals surface area (Å²) < 4.78 is 52.6. The topological polar surface area (TPSA) is 89.9 Å². The Kier molecular flexibility index (Phi) is 9.63. The van der Waals surface area contributed by atoms with Crippen molar-refractivity contribution in [1.82, 2.24) is 25.2 Å². The molecule has 4 heterocycles. The molecule has 9 nitrogen and oxygen atoms in total. The molecule has 0 spiro atoms. The van der Waals surface area contributed by atoms with Gasteiger partial charge >= 0.3 is 6.01 Å². The summed E-state index contributed by atoms with van der Waals surface area (Å²) in [5.74, 6) is 1.82. The number of halogens is 3. The Balaban J connectivity index is 1.39. The average Bonchev–Trinajstić information content (AvgIpc) is 3.90. The van der Waals surface area contributed by atoms with E-state index in [1.807, 2.05) is 14.1 Å². The van der Waals surface area contributed by atoms with Gasteiger partial charge in [0.25, 0.3) is 0 Å². The van der Waals surface area contributed by atoms with Gasteiger partial charge in [-0.05, 0) is 62.1 Å². The van der Waals surface area contributed by atoms with Crippen LogP contribution < -0.4 is 19.9 Å². The van der Waals surface area contributed by atoms with E-state index in [-0.39, 0.29) is 57.0 Å². The molecule has 0 bridgehead atoms. The first-order chi connectivity index (χ1) is 24.5. The Morgan fingerprint density at radius 2 is 1.75 bits per heavy atom. The number of hydrogen-bond donors (Lipinski definition) is 2. The van der Waals surface area contributed by atoms with Crippen molar-refractivity contribution < 1.29 is 23.0 Å². The number of aromatic nitrogens is 3.